The van der Waals surface area contributed by atoms with E-state index in [2.05, 4.69) is 29.3 Å². The van der Waals surface area contributed by atoms with Gasteiger partial charge in [0.25, 0.3) is 5.69 Å². The lowest BCUT2D eigenvalue weighted by Gasteiger charge is -2.32. The van der Waals surface area contributed by atoms with Crippen molar-refractivity contribution in [2.24, 2.45) is 5.92 Å². The number of carbonyl (C=O) groups is 1. The van der Waals surface area contributed by atoms with Crippen LogP contribution in [-0.2, 0) is 4.79 Å². The Morgan fingerprint density at radius 1 is 1.15 bits per heavy atom. The molecule has 1 amide bonds. The number of non-ortho nitro benzene ring substituents is 1. The highest BCUT2D eigenvalue weighted by Gasteiger charge is 2.16. The van der Waals surface area contributed by atoms with Crippen molar-refractivity contribution in [2.75, 3.05) is 29.1 Å². The fraction of sp³-hybridized carbons (Fsp3) is 0.350. The van der Waals surface area contributed by atoms with E-state index in [0.717, 1.165) is 29.6 Å². The molecule has 0 atom stereocenters. The van der Waals surface area contributed by atoms with Crippen LogP contribution in [0.15, 0.2) is 53.4 Å². The van der Waals surface area contributed by atoms with Crippen LogP contribution < -0.4 is 10.2 Å². The molecule has 7 heteroatoms. The van der Waals surface area contributed by atoms with Gasteiger partial charge in [0.05, 0.1) is 10.7 Å². The van der Waals surface area contributed by atoms with Gasteiger partial charge in [-0.05, 0) is 55.2 Å². The van der Waals surface area contributed by atoms with Crippen molar-refractivity contribution in [3.8, 4) is 0 Å². The summed E-state index contributed by atoms with van der Waals surface area (Å²) in [5.41, 5.74) is 2.02. The Morgan fingerprint density at radius 3 is 2.37 bits per heavy atom. The zero-order chi connectivity index (χ0) is 19.2. The summed E-state index contributed by atoms with van der Waals surface area (Å²) in [6, 6.07) is 14.2. The molecule has 0 spiro atoms. The van der Waals surface area contributed by atoms with Crippen LogP contribution in [-0.4, -0.2) is 29.7 Å². The van der Waals surface area contributed by atoms with E-state index in [9.17, 15) is 14.9 Å². The summed E-state index contributed by atoms with van der Waals surface area (Å²) in [5.74, 6) is 0.954. The predicted molar refractivity (Wildman–Crippen MR) is 110 cm³/mol. The van der Waals surface area contributed by atoms with Crippen LogP contribution in [0.3, 0.4) is 0 Å². The first-order valence-electron chi connectivity index (χ1n) is 9.03. The summed E-state index contributed by atoms with van der Waals surface area (Å²) in [7, 11) is 0. The molecule has 0 radical (unpaired) electrons. The zero-order valence-corrected chi connectivity index (χ0v) is 16.1. The minimum absolute atomic E-state index is 0.0482. The van der Waals surface area contributed by atoms with Gasteiger partial charge in [0.1, 0.15) is 0 Å². The highest BCUT2D eigenvalue weighted by atomic mass is 32.2. The molecule has 2 aromatic carbocycles. The van der Waals surface area contributed by atoms with Crippen LogP contribution in [0.4, 0.5) is 17.1 Å². The van der Waals surface area contributed by atoms with Gasteiger partial charge in [-0.3, -0.25) is 14.9 Å². The molecule has 1 saturated heterocycles. The van der Waals surface area contributed by atoms with Gasteiger partial charge in [-0.15, -0.1) is 11.8 Å². The Bertz CT molecular complexity index is 785. The summed E-state index contributed by atoms with van der Waals surface area (Å²) in [6.45, 7) is 4.46. The van der Waals surface area contributed by atoms with Crippen molar-refractivity contribution < 1.29 is 9.72 Å². The van der Waals surface area contributed by atoms with Gasteiger partial charge in [-0.1, -0.05) is 6.92 Å². The Balaban J connectivity index is 1.48. The Kier molecular flexibility index (Phi) is 6.34. The summed E-state index contributed by atoms with van der Waals surface area (Å²) in [4.78, 5) is 25.6. The van der Waals surface area contributed by atoms with E-state index in [4.69, 9.17) is 0 Å². The number of nitro groups is 1. The van der Waals surface area contributed by atoms with E-state index in [1.165, 1.54) is 42.4 Å². The lowest BCUT2D eigenvalue weighted by Crippen LogP contribution is -2.32. The number of amides is 1. The molecule has 0 aliphatic carbocycles. The van der Waals surface area contributed by atoms with Crippen molar-refractivity contribution in [1.82, 2.24) is 0 Å². The third-order valence-electron chi connectivity index (χ3n) is 4.72. The number of hydrogen-bond acceptors (Lipinski definition) is 5. The molecule has 0 bridgehead atoms. The molecule has 2 aromatic rings. The second-order valence-electron chi connectivity index (χ2n) is 6.80. The number of rotatable bonds is 6. The van der Waals surface area contributed by atoms with E-state index in [1.54, 1.807) is 12.1 Å². The predicted octanol–water partition coefficient (Wildman–Crippen LogP) is 4.56. The molecule has 0 aromatic heterocycles. The fourth-order valence-corrected chi connectivity index (χ4v) is 3.73. The number of nitrogens with zero attached hydrogens (tertiary/aromatic N) is 2. The normalized spacial score (nSPS) is 14.8. The van der Waals surface area contributed by atoms with E-state index < -0.39 is 4.92 Å². The van der Waals surface area contributed by atoms with Crippen LogP contribution in [0.2, 0.25) is 0 Å². The minimum atomic E-state index is -0.435. The average molecular weight is 385 g/mol. The van der Waals surface area contributed by atoms with E-state index in [1.807, 2.05) is 12.1 Å². The number of thioether (sulfide) groups is 1. The quantitative estimate of drug-likeness (QED) is 0.448. The second-order valence-corrected chi connectivity index (χ2v) is 7.85. The van der Waals surface area contributed by atoms with Crippen LogP contribution in [0, 0.1) is 16.0 Å². The molecule has 6 nitrogen and oxygen atoms in total. The first-order chi connectivity index (χ1) is 13.0. The highest BCUT2D eigenvalue weighted by Crippen LogP contribution is 2.25. The fourth-order valence-electron chi connectivity index (χ4n) is 3.03. The van der Waals surface area contributed by atoms with Gasteiger partial charge < -0.3 is 10.2 Å². The standard InChI is InChI=1S/C20H23N3O3S/c1-15-10-12-22(13-11-15)17-4-2-16(3-5-17)21-20(24)14-27-19-8-6-18(7-9-19)23(25)26/h2-9,15H,10-14H2,1H3,(H,21,24). The van der Waals surface area contributed by atoms with Crippen molar-refractivity contribution >= 4 is 34.7 Å². The second kappa shape index (κ2) is 8.90. The maximum Gasteiger partial charge on any atom is 0.269 e. The van der Waals surface area contributed by atoms with E-state index in [0.29, 0.717) is 0 Å². The first-order valence-corrected chi connectivity index (χ1v) is 10.0. The minimum Gasteiger partial charge on any atom is -0.372 e. The molecular weight excluding hydrogens is 362 g/mol. The lowest BCUT2D eigenvalue weighted by atomic mass is 9.99. The van der Waals surface area contributed by atoms with E-state index in [-0.39, 0.29) is 17.3 Å². The van der Waals surface area contributed by atoms with Gasteiger partial charge in [0, 0.05) is 41.5 Å². The molecule has 1 aliphatic heterocycles. The first kappa shape index (κ1) is 19.2. The number of hydrogen-bond donors (Lipinski definition) is 1. The Labute approximate surface area is 163 Å². The molecule has 1 N–H and O–H groups in total. The van der Waals surface area contributed by atoms with Crippen LogP contribution in [0.5, 0.6) is 0 Å². The van der Waals surface area contributed by atoms with Crippen molar-refractivity contribution in [1.29, 1.82) is 0 Å². The molecular formula is C20H23N3O3S. The summed E-state index contributed by atoms with van der Waals surface area (Å²) in [6.07, 6.45) is 2.44. The largest absolute Gasteiger partial charge is 0.372 e. The van der Waals surface area contributed by atoms with E-state index >= 15 is 0 Å². The summed E-state index contributed by atoms with van der Waals surface area (Å²) >= 11 is 1.35. The molecule has 142 valence electrons. The number of nitro benzene ring substituents is 1. The van der Waals surface area contributed by atoms with Crippen molar-refractivity contribution in [3.05, 3.63) is 58.6 Å². The number of nitrogens with one attached hydrogen (secondary N) is 1. The van der Waals surface area contributed by atoms with Gasteiger partial charge in [0.2, 0.25) is 5.91 Å². The number of benzene rings is 2. The summed E-state index contributed by atoms with van der Waals surface area (Å²) in [5, 5.41) is 13.5. The third-order valence-corrected chi connectivity index (χ3v) is 5.73. The molecule has 0 unspecified atom stereocenters. The lowest BCUT2D eigenvalue weighted by molar-refractivity contribution is -0.384. The highest BCUT2D eigenvalue weighted by molar-refractivity contribution is 8.00. The maximum atomic E-state index is 12.1. The Morgan fingerprint density at radius 2 is 1.78 bits per heavy atom. The SMILES string of the molecule is CC1CCN(c2ccc(NC(=O)CSc3ccc([N+](=O)[O-])cc3)cc2)CC1. The van der Waals surface area contributed by atoms with Gasteiger partial charge in [-0.25, -0.2) is 0 Å². The molecule has 0 saturated carbocycles. The maximum absolute atomic E-state index is 12.1. The topological polar surface area (TPSA) is 75.5 Å². The number of piperidine rings is 1. The van der Waals surface area contributed by atoms with Crippen LogP contribution >= 0.6 is 11.8 Å². The molecule has 1 fully saturated rings. The molecule has 1 heterocycles. The van der Waals surface area contributed by atoms with Gasteiger partial charge in [0.15, 0.2) is 0 Å². The van der Waals surface area contributed by atoms with Gasteiger partial charge >= 0.3 is 0 Å². The van der Waals surface area contributed by atoms with Crippen molar-refractivity contribution in [2.45, 2.75) is 24.7 Å². The summed E-state index contributed by atoms with van der Waals surface area (Å²) < 4.78 is 0. The molecule has 1 aliphatic rings. The number of carbonyl (C=O) groups excluding carboxylic acids is 1. The molecule has 27 heavy (non-hydrogen) atoms. The monoisotopic (exact) mass is 385 g/mol. The van der Waals surface area contributed by atoms with Crippen molar-refractivity contribution in [3.63, 3.8) is 0 Å². The van der Waals surface area contributed by atoms with Gasteiger partial charge in [-0.2, -0.15) is 0 Å². The van der Waals surface area contributed by atoms with Crippen LogP contribution in [0.25, 0.3) is 0 Å². The third kappa shape index (κ3) is 5.47. The molecule has 3 rings (SSSR count). The van der Waals surface area contributed by atoms with Crippen LogP contribution in [0.1, 0.15) is 19.8 Å². The smallest absolute Gasteiger partial charge is 0.269 e. The average Bonchev–Trinajstić information content (AvgIpc) is 2.68. The zero-order valence-electron chi connectivity index (χ0n) is 15.3. The number of anilines is 2. The Hall–Kier alpha value is -2.54.